The Morgan fingerprint density at radius 3 is 2.83 bits per heavy atom. The fourth-order valence-corrected chi connectivity index (χ4v) is 2.81. The molecule has 1 amide bonds. The molecule has 1 aliphatic rings. The molecule has 1 aromatic carbocycles. The van der Waals surface area contributed by atoms with Crippen LogP contribution in [0.25, 0.3) is 0 Å². The fraction of sp³-hybridized carbons (Fsp3) is 0.368. The second kappa shape index (κ2) is 7.45. The summed E-state index contributed by atoms with van der Waals surface area (Å²) < 4.78 is 5.50. The Morgan fingerprint density at radius 1 is 1.29 bits per heavy atom. The van der Waals surface area contributed by atoms with Crippen molar-refractivity contribution in [2.45, 2.75) is 32.8 Å². The summed E-state index contributed by atoms with van der Waals surface area (Å²) in [5.41, 5.74) is 4.72. The summed E-state index contributed by atoms with van der Waals surface area (Å²) in [6.07, 6.45) is 3.89. The number of hydrogen-bond donors (Lipinski definition) is 2. The number of hydrogen-bond acceptors (Lipinski definition) is 4. The van der Waals surface area contributed by atoms with Gasteiger partial charge in [-0.3, -0.25) is 4.79 Å². The van der Waals surface area contributed by atoms with E-state index < -0.39 is 0 Å². The predicted octanol–water partition coefficient (Wildman–Crippen LogP) is 3.35. The zero-order chi connectivity index (χ0) is 16.9. The maximum Gasteiger partial charge on any atom is 0.269 e. The van der Waals surface area contributed by atoms with E-state index >= 15 is 0 Å². The van der Waals surface area contributed by atoms with Crippen LogP contribution in [-0.2, 0) is 4.74 Å². The number of rotatable bonds is 5. The van der Waals surface area contributed by atoms with Crippen LogP contribution in [0.4, 0.5) is 11.4 Å². The molecule has 0 bridgehead atoms. The van der Waals surface area contributed by atoms with Crippen LogP contribution in [0, 0.1) is 13.8 Å². The first-order valence-electron chi connectivity index (χ1n) is 8.32. The number of aromatic nitrogens is 1. The van der Waals surface area contributed by atoms with Gasteiger partial charge >= 0.3 is 0 Å². The first kappa shape index (κ1) is 16.5. The van der Waals surface area contributed by atoms with Crippen LogP contribution in [0.15, 0.2) is 36.5 Å². The molecule has 5 nitrogen and oxygen atoms in total. The van der Waals surface area contributed by atoms with E-state index in [9.17, 15) is 4.79 Å². The zero-order valence-electron chi connectivity index (χ0n) is 14.1. The van der Waals surface area contributed by atoms with Crippen LogP contribution in [0.5, 0.6) is 0 Å². The number of aryl methyl sites for hydroxylation is 2. The minimum Gasteiger partial charge on any atom is -0.376 e. The lowest BCUT2D eigenvalue weighted by molar-refractivity contribution is 0.0854. The van der Waals surface area contributed by atoms with Crippen LogP contribution >= 0.6 is 0 Å². The van der Waals surface area contributed by atoms with E-state index in [2.05, 4.69) is 41.6 Å². The van der Waals surface area contributed by atoms with E-state index in [0.717, 1.165) is 30.8 Å². The molecule has 1 aliphatic heterocycles. The summed E-state index contributed by atoms with van der Waals surface area (Å²) in [6.45, 7) is 5.47. The topological polar surface area (TPSA) is 63.2 Å². The summed E-state index contributed by atoms with van der Waals surface area (Å²) in [5, 5.41) is 6.21. The summed E-state index contributed by atoms with van der Waals surface area (Å²) in [7, 11) is 0. The molecular weight excluding hydrogens is 302 g/mol. The second-order valence-electron chi connectivity index (χ2n) is 6.22. The van der Waals surface area contributed by atoms with Crippen LogP contribution < -0.4 is 10.6 Å². The smallest absolute Gasteiger partial charge is 0.269 e. The number of anilines is 2. The Balaban J connectivity index is 1.59. The average Bonchev–Trinajstić information content (AvgIpc) is 3.09. The molecule has 24 heavy (non-hydrogen) atoms. The number of benzene rings is 1. The molecule has 1 aromatic heterocycles. The van der Waals surface area contributed by atoms with E-state index in [0.29, 0.717) is 12.2 Å². The van der Waals surface area contributed by atoms with Gasteiger partial charge in [0.1, 0.15) is 5.69 Å². The molecule has 5 heteroatoms. The predicted molar refractivity (Wildman–Crippen MR) is 94.7 cm³/mol. The van der Waals surface area contributed by atoms with Gasteiger partial charge in [0.05, 0.1) is 18.0 Å². The highest BCUT2D eigenvalue weighted by molar-refractivity contribution is 5.92. The highest BCUT2D eigenvalue weighted by Crippen LogP contribution is 2.21. The maximum atomic E-state index is 12.1. The van der Waals surface area contributed by atoms with Gasteiger partial charge in [-0.05, 0) is 50.5 Å². The molecule has 126 valence electrons. The lowest BCUT2D eigenvalue weighted by Crippen LogP contribution is -2.32. The van der Waals surface area contributed by atoms with Gasteiger partial charge in [0.2, 0.25) is 0 Å². The first-order chi connectivity index (χ1) is 11.6. The first-order valence-corrected chi connectivity index (χ1v) is 8.32. The van der Waals surface area contributed by atoms with Gasteiger partial charge in [-0.15, -0.1) is 0 Å². The molecular formula is C19H23N3O2. The molecule has 0 aliphatic carbocycles. The van der Waals surface area contributed by atoms with E-state index in [1.54, 1.807) is 12.3 Å². The third-order valence-corrected chi connectivity index (χ3v) is 4.17. The van der Waals surface area contributed by atoms with Crippen LogP contribution in [0.3, 0.4) is 0 Å². The molecule has 1 fully saturated rings. The normalized spacial score (nSPS) is 16.8. The summed E-state index contributed by atoms with van der Waals surface area (Å²) in [5.74, 6) is -0.163. The molecule has 1 atom stereocenters. The van der Waals surface area contributed by atoms with Crippen molar-refractivity contribution in [1.29, 1.82) is 0 Å². The van der Waals surface area contributed by atoms with Crippen molar-refractivity contribution in [2.24, 2.45) is 0 Å². The SMILES string of the molecule is Cc1ccc(Nc2ccc(C(=O)NCC3CCCO3)nc2)c(C)c1. The van der Waals surface area contributed by atoms with Gasteiger partial charge in [0, 0.05) is 18.8 Å². The zero-order valence-corrected chi connectivity index (χ0v) is 14.1. The fourth-order valence-electron chi connectivity index (χ4n) is 2.81. The molecule has 3 rings (SSSR count). The van der Waals surface area contributed by atoms with Crippen LogP contribution in [0.2, 0.25) is 0 Å². The highest BCUT2D eigenvalue weighted by atomic mass is 16.5. The number of ether oxygens (including phenoxy) is 1. The molecule has 2 heterocycles. The van der Waals surface area contributed by atoms with Gasteiger partial charge in [-0.1, -0.05) is 17.7 Å². The third-order valence-electron chi connectivity index (χ3n) is 4.17. The van der Waals surface area contributed by atoms with E-state index in [1.165, 1.54) is 11.1 Å². The highest BCUT2D eigenvalue weighted by Gasteiger charge is 2.17. The van der Waals surface area contributed by atoms with E-state index in [-0.39, 0.29) is 12.0 Å². The molecule has 2 aromatic rings. The van der Waals surface area contributed by atoms with Gasteiger partial charge in [-0.25, -0.2) is 4.98 Å². The van der Waals surface area contributed by atoms with Gasteiger partial charge in [0.25, 0.3) is 5.91 Å². The molecule has 0 radical (unpaired) electrons. The monoisotopic (exact) mass is 325 g/mol. The van der Waals surface area contributed by atoms with Gasteiger partial charge in [-0.2, -0.15) is 0 Å². The number of nitrogens with zero attached hydrogens (tertiary/aromatic N) is 1. The average molecular weight is 325 g/mol. The Kier molecular flexibility index (Phi) is 5.11. The number of pyridine rings is 1. The van der Waals surface area contributed by atoms with Crippen LogP contribution in [0.1, 0.15) is 34.5 Å². The van der Waals surface area contributed by atoms with Crippen LogP contribution in [-0.4, -0.2) is 30.1 Å². The van der Waals surface area contributed by atoms with E-state index in [4.69, 9.17) is 4.74 Å². The largest absolute Gasteiger partial charge is 0.376 e. The van der Waals surface area contributed by atoms with Crippen molar-refractivity contribution in [2.75, 3.05) is 18.5 Å². The molecule has 2 N–H and O–H groups in total. The minimum absolute atomic E-state index is 0.138. The standard InChI is InChI=1S/C19H23N3O2/c1-13-5-7-17(14(2)10-13)22-15-6-8-18(20-11-15)19(23)21-12-16-4-3-9-24-16/h5-8,10-11,16,22H,3-4,9,12H2,1-2H3,(H,21,23). The number of carbonyl (C=O) groups excluding carboxylic acids is 1. The molecule has 0 spiro atoms. The quantitative estimate of drug-likeness (QED) is 0.885. The summed E-state index contributed by atoms with van der Waals surface area (Å²) >= 11 is 0. The van der Waals surface area contributed by atoms with Crippen molar-refractivity contribution >= 4 is 17.3 Å². The van der Waals surface area contributed by atoms with Gasteiger partial charge in [0.15, 0.2) is 0 Å². The number of nitrogens with one attached hydrogen (secondary N) is 2. The molecule has 1 unspecified atom stereocenters. The van der Waals surface area contributed by atoms with Gasteiger partial charge < -0.3 is 15.4 Å². The van der Waals surface area contributed by atoms with Crippen molar-refractivity contribution in [3.63, 3.8) is 0 Å². The molecule has 1 saturated heterocycles. The van der Waals surface area contributed by atoms with Crippen molar-refractivity contribution < 1.29 is 9.53 Å². The third kappa shape index (κ3) is 4.11. The van der Waals surface area contributed by atoms with E-state index in [1.807, 2.05) is 12.1 Å². The number of carbonyl (C=O) groups is 1. The Labute approximate surface area is 142 Å². The van der Waals surface area contributed by atoms with Crippen molar-refractivity contribution in [3.05, 3.63) is 53.3 Å². The Hall–Kier alpha value is -2.40. The lowest BCUT2D eigenvalue weighted by atomic mass is 10.1. The van der Waals surface area contributed by atoms with Crippen molar-refractivity contribution in [3.8, 4) is 0 Å². The Bertz CT molecular complexity index is 707. The summed E-state index contributed by atoms with van der Waals surface area (Å²) in [4.78, 5) is 16.4. The second-order valence-corrected chi connectivity index (χ2v) is 6.22. The molecule has 0 saturated carbocycles. The minimum atomic E-state index is -0.163. The number of amides is 1. The summed E-state index contributed by atoms with van der Waals surface area (Å²) in [6, 6.07) is 9.84. The maximum absolute atomic E-state index is 12.1. The Morgan fingerprint density at radius 2 is 2.17 bits per heavy atom. The lowest BCUT2D eigenvalue weighted by Gasteiger charge is -2.12. The van der Waals surface area contributed by atoms with Crippen molar-refractivity contribution in [1.82, 2.24) is 10.3 Å².